The van der Waals surface area contributed by atoms with Gasteiger partial charge in [0.05, 0.1) is 0 Å². The van der Waals surface area contributed by atoms with Crippen LogP contribution in [0, 0.1) is 105 Å². The lowest BCUT2D eigenvalue weighted by Crippen LogP contribution is -2.46. The summed E-state index contributed by atoms with van der Waals surface area (Å²) in [5.41, 5.74) is 29.7. The van der Waals surface area contributed by atoms with Crippen molar-refractivity contribution in [1.29, 1.82) is 0 Å². The summed E-state index contributed by atoms with van der Waals surface area (Å²) in [5.74, 6) is 7.62. The van der Waals surface area contributed by atoms with Crippen LogP contribution in [0.25, 0.3) is 22.3 Å². The molecule has 12 aliphatic rings. The molecule has 0 aromatic heterocycles. The zero-order valence-electron chi connectivity index (χ0n) is 91.8. The van der Waals surface area contributed by atoms with Crippen molar-refractivity contribution in [2.24, 2.45) is 105 Å². The molecule has 0 radical (unpaired) electrons. The van der Waals surface area contributed by atoms with Crippen LogP contribution in [-0.4, -0.2) is 17.5 Å². The molecule has 0 aliphatic heterocycles. The number of ether oxygens (including phenoxy) is 1. The molecule has 3 heteroatoms. The fraction of sp³-hybridized carbons (Fsp3) is 0.552. The largest absolute Gasteiger partial charge is 0.382 e. The van der Waals surface area contributed by atoms with Gasteiger partial charge in [0, 0.05) is 47.7 Å². The summed E-state index contributed by atoms with van der Waals surface area (Å²) < 4.78 is 4.28. The molecule has 0 amide bonds. The minimum absolute atomic E-state index is 0.0527. The fourth-order valence-corrected chi connectivity index (χ4v) is 27.3. The van der Waals surface area contributed by atoms with E-state index in [-0.39, 0.29) is 88.7 Å². The molecule has 12 unspecified atom stereocenters. The van der Waals surface area contributed by atoms with Gasteiger partial charge >= 0.3 is 0 Å². The van der Waals surface area contributed by atoms with Crippen LogP contribution in [0.5, 0.6) is 0 Å². The number of rotatable bonds is 14. The standard InChI is InChI=1S/C62H86.C62H70.C4H10O.C3H6Cl2.C3H8/c2*1-57(2,3)41-26-30-47-51(35-41)52-36-42(58(4,5)6)27-31-48(52)55(47)61(13,39-20-15-16-21-39)45-24-19-25-46(34-45)62(14,40-22-17-18-23-40)56-49-32-28-43(59(7,8)9)37-53(49)54-38-44(60(10,11)12)29-33-50(54)56;1-3-5-4-2;1-3(2,4)5;1-3-2/h19,24-40,47-56H,15-18,20-23H2,1-14H3;15-40,55-56H,1-14H3;3-4H2,1-2H3;1-2H3;3H2,1-2H3. The Morgan fingerprint density at radius 1 is 0.263 bits per heavy atom. The quantitative estimate of drug-likeness (QED) is 0.0988. The Hall–Kier alpha value is -7.26. The summed E-state index contributed by atoms with van der Waals surface area (Å²) in [6, 6.07) is 50.4. The molecule has 736 valence electrons. The molecule has 12 atom stereocenters. The van der Waals surface area contributed by atoms with Gasteiger partial charge in [-0.2, -0.15) is 0 Å². The highest BCUT2D eigenvalue weighted by molar-refractivity contribution is 6.47. The minimum Gasteiger partial charge on any atom is -0.382 e. The summed E-state index contributed by atoms with van der Waals surface area (Å²) in [5, 5.41) is 0. The number of hydrogen-bond donors (Lipinski definition) is 0. The average molecular weight is 1880 g/mol. The van der Waals surface area contributed by atoms with E-state index in [0.29, 0.717) is 71.0 Å². The Morgan fingerprint density at radius 2 is 0.482 bits per heavy atom. The number of hydrogen-bond acceptors (Lipinski definition) is 1. The summed E-state index contributed by atoms with van der Waals surface area (Å²) in [4.78, 5) is 0. The molecule has 4 saturated carbocycles. The Labute approximate surface area is 846 Å². The number of allylic oxidation sites excluding steroid dienone is 24. The van der Waals surface area contributed by atoms with E-state index in [9.17, 15) is 0 Å². The molecule has 137 heavy (non-hydrogen) atoms. The molecular weight excluding hydrogens is 1700 g/mol. The van der Waals surface area contributed by atoms with E-state index in [1.807, 2.05) is 13.8 Å². The summed E-state index contributed by atoms with van der Waals surface area (Å²) in [6.07, 6.45) is 63.4. The number of halogens is 2. The van der Waals surface area contributed by atoms with E-state index in [1.54, 1.807) is 25.0 Å². The van der Waals surface area contributed by atoms with Crippen LogP contribution in [0.1, 0.15) is 372 Å². The first kappa shape index (κ1) is 106. The molecule has 4 fully saturated rings. The molecule has 0 N–H and O–H groups in total. The number of alkyl halides is 2. The van der Waals surface area contributed by atoms with Crippen LogP contribution in [0.2, 0.25) is 0 Å². The lowest BCUT2D eigenvalue weighted by Gasteiger charge is -2.49. The van der Waals surface area contributed by atoms with Crippen LogP contribution in [0.15, 0.2) is 265 Å². The maximum Gasteiger partial charge on any atom is 0.112 e. The molecular formula is C134H180Cl2O. The van der Waals surface area contributed by atoms with Crippen molar-refractivity contribution in [3.05, 3.63) is 332 Å². The first-order valence-electron chi connectivity index (χ1n) is 54.0. The molecule has 0 heterocycles. The van der Waals surface area contributed by atoms with E-state index < -0.39 is 4.33 Å². The van der Waals surface area contributed by atoms with Crippen molar-refractivity contribution in [3.63, 3.8) is 0 Å². The third-order valence-electron chi connectivity index (χ3n) is 35.3. The molecule has 0 spiro atoms. The smallest absolute Gasteiger partial charge is 0.112 e. The van der Waals surface area contributed by atoms with Gasteiger partial charge in [-0.15, -0.1) is 23.2 Å². The number of benzene rings is 6. The van der Waals surface area contributed by atoms with Crippen molar-refractivity contribution < 1.29 is 4.74 Å². The van der Waals surface area contributed by atoms with Crippen molar-refractivity contribution in [2.75, 3.05) is 13.2 Å². The lowest BCUT2D eigenvalue weighted by molar-refractivity contribution is 0.130. The normalized spacial score (nSPS) is 25.4. The van der Waals surface area contributed by atoms with Gasteiger partial charge in [-0.05, 0) is 290 Å². The van der Waals surface area contributed by atoms with Gasteiger partial charge < -0.3 is 4.74 Å². The first-order chi connectivity index (χ1) is 63.9. The van der Waals surface area contributed by atoms with Crippen LogP contribution >= 0.6 is 23.2 Å². The van der Waals surface area contributed by atoms with Gasteiger partial charge in [0.25, 0.3) is 0 Å². The minimum atomic E-state index is -0.556. The highest BCUT2D eigenvalue weighted by Gasteiger charge is 2.62. The highest BCUT2D eigenvalue weighted by Crippen LogP contribution is 2.69. The van der Waals surface area contributed by atoms with Crippen molar-refractivity contribution in [2.45, 2.75) is 353 Å². The molecule has 1 nitrogen and oxygen atoms in total. The second-order valence-corrected chi connectivity index (χ2v) is 55.4. The molecule has 0 bridgehead atoms. The Morgan fingerprint density at radius 3 is 0.679 bits per heavy atom. The predicted molar refractivity (Wildman–Crippen MR) is 598 cm³/mol. The van der Waals surface area contributed by atoms with Crippen LogP contribution in [0.3, 0.4) is 0 Å². The van der Waals surface area contributed by atoms with Gasteiger partial charge in [0.2, 0.25) is 0 Å². The van der Waals surface area contributed by atoms with E-state index in [2.05, 4.69) is 451 Å². The molecule has 12 aliphatic carbocycles. The van der Waals surface area contributed by atoms with E-state index in [1.165, 1.54) is 158 Å². The fourth-order valence-electron chi connectivity index (χ4n) is 27.3. The van der Waals surface area contributed by atoms with E-state index in [0.717, 1.165) is 13.2 Å². The van der Waals surface area contributed by atoms with Crippen LogP contribution in [-0.2, 0) is 48.1 Å². The van der Waals surface area contributed by atoms with Crippen molar-refractivity contribution in [3.8, 4) is 22.3 Å². The molecule has 6 aromatic carbocycles. The summed E-state index contributed by atoms with van der Waals surface area (Å²) in [6.45, 7) is 81.2. The SMILES string of the molecule is CC(C)(C)C1=CC2C3C=C(C(C)(C)C)C=CC3C(C(C)(c3cccc(C(C)(C4CCCC4)C4C5C=CC(C(C)(C)C)=CC5C5C=C(C(C)(C)C)C=CC54)c3)C3CCCC3)C2C=C1.CC(C)(C)c1ccc2c(c1)-c1cc(C(C)(C)C)ccc1C2C(C)(c1cccc(C(C)(C2C=CC=C2)C2c3ccc(C(C)(C)C)cc3-c3cc(C(C)(C)C)ccc32)c1)C1C=CC=C1.CC(C)(Cl)Cl.CCC.CCOCC. The average Bonchev–Trinajstić information content (AvgIpc) is 1.56. The second kappa shape index (κ2) is 39.5. The maximum absolute atomic E-state index is 5.30. The molecule has 6 aromatic rings. The molecule has 18 rings (SSSR count). The Bertz CT molecular complexity index is 5140. The van der Waals surface area contributed by atoms with Crippen molar-refractivity contribution >= 4 is 23.2 Å². The van der Waals surface area contributed by atoms with Gasteiger partial charge in [-0.25, -0.2) is 0 Å². The van der Waals surface area contributed by atoms with Gasteiger partial charge in [0.1, 0.15) is 4.33 Å². The summed E-state index contributed by atoms with van der Waals surface area (Å²) >= 11 is 10.6. The third-order valence-corrected chi connectivity index (χ3v) is 35.3. The zero-order chi connectivity index (χ0) is 100. The first-order valence-corrected chi connectivity index (χ1v) is 54.7. The third kappa shape index (κ3) is 20.9. The zero-order valence-corrected chi connectivity index (χ0v) is 93.3. The van der Waals surface area contributed by atoms with Gasteiger partial charge in [-0.3, -0.25) is 0 Å². The second-order valence-electron chi connectivity index (χ2n) is 53.3. The van der Waals surface area contributed by atoms with Gasteiger partial charge in [-0.1, -0.05) is 483 Å². The highest BCUT2D eigenvalue weighted by atomic mass is 35.5. The molecule has 0 saturated heterocycles. The van der Waals surface area contributed by atoms with E-state index >= 15 is 0 Å². The van der Waals surface area contributed by atoms with E-state index in [4.69, 9.17) is 27.9 Å². The van der Waals surface area contributed by atoms with Crippen molar-refractivity contribution in [1.82, 2.24) is 0 Å². The van der Waals surface area contributed by atoms with Crippen LogP contribution in [0.4, 0.5) is 0 Å². The lowest BCUT2D eigenvalue weighted by atomic mass is 9.54. The Balaban J connectivity index is 0.000000194. The predicted octanol–water partition coefficient (Wildman–Crippen LogP) is 38.1. The Kier molecular flexibility index (Phi) is 30.4. The monoisotopic (exact) mass is 1880 g/mol. The van der Waals surface area contributed by atoms with Gasteiger partial charge in [0.15, 0.2) is 0 Å². The topological polar surface area (TPSA) is 9.23 Å². The van der Waals surface area contributed by atoms with Crippen LogP contribution < -0.4 is 0 Å². The number of fused-ring (bicyclic) bond motifs is 12. The maximum atomic E-state index is 5.30. The summed E-state index contributed by atoms with van der Waals surface area (Å²) in [7, 11) is 0.